The molecule has 0 bridgehead atoms. The van der Waals surface area contributed by atoms with Gasteiger partial charge in [0.2, 0.25) is 5.91 Å². The smallest absolute Gasteiger partial charge is 0.226 e. The average molecular weight is 282 g/mol. The molecule has 0 aliphatic heterocycles. The topological polar surface area (TPSA) is 55.6 Å². The lowest BCUT2D eigenvalue weighted by Crippen LogP contribution is -2.40. The number of ether oxygens (including phenoxy) is 1. The van der Waals surface area contributed by atoms with Gasteiger partial charge in [0.15, 0.2) is 11.6 Å². The molecule has 0 unspecified atom stereocenters. The van der Waals surface area contributed by atoms with E-state index in [2.05, 4.69) is 0 Å². The van der Waals surface area contributed by atoms with E-state index in [1.807, 2.05) is 13.8 Å². The highest BCUT2D eigenvalue weighted by Gasteiger charge is 2.21. The van der Waals surface area contributed by atoms with E-state index in [1.165, 1.54) is 19.2 Å². The lowest BCUT2D eigenvalue weighted by molar-refractivity contribution is -0.130. The molecule has 1 aromatic carbocycles. The van der Waals surface area contributed by atoms with Gasteiger partial charge >= 0.3 is 0 Å². The summed E-state index contributed by atoms with van der Waals surface area (Å²) >= 11 is 0. The van der Waals surface area contributed by atoms with Gasteiger partial charge in [-0.15, -0.1) is 0 Å². The minimum Gasteiger partial charge on any atom is -0.494 e. The number of carbonyl (C=O) groups is 1. The van der Waals surface area contributed by atoms with Crippen LogP contribution in [-0.4, -0.2) is 38.1 Å². The first kappa shape index (κ1) is 16.4. The van der Waals surface area contributed by atoms with Crippen LogP contribution in [0.3, 0.4) is 0 Å². The van der Waals surface area contributed by atoms with E-state index in [0.717, 1.165) is 0 Å². The van der Waals surface area contributed by atoms with Crippen molar-refractivity contribution >= 4 is 5.91 Å². The minimum absolute atomic E-state index is 0.0592. The molecule has 0 aliphatic rings. The molecule has 0 spiro atoms. The molecule has 1 rings (SSSR count). The number of hydrogen-bond acceptors (Lipinski definition) is 3. The van der Waals surface area contributed by atoms with Crippen molar-refractivity contribution in [3.63, 3.8) is 0 Å². The van der Waals surface area contributed by atoms with Crippen LogP contribution in [-0.2, 0) is 11.2 Å². The molecule has 0 aliphatic carbocycles. The third kappa shape index (κ3) is 4.49. The summed E-state index contributed by atoms with van der Waals surface area (Å²) in [6.45, 7) is 5.08. The van der Waals surface area contributed by atoms with Gasteiger partial charge in [0.1, 0.15) is 0 Å². The third-order valence-electron chi connectivity index (χ3n) is 3.22. The van der Waals surface area contributed by atoms with E-state index < -0.39 is 5.82 Å². The van der Waals surface area contributed by atoms with Gasteiger partial charge in [-0.1, -0.05) is 19.9 Å². The molecular formula is C15H23FN2O2. The zero-order valence-corrected chi connectivity index (χ0v) is 12.6. The summed E-state index contributed by atoms with van der Waals surface area (Å²) in [6.07, 6.45) is 0.165. The summed E-state index contributed by atoms with van der Waals surface area (Å²) in [5.41, 5.74) is 6.16. The highest BCUT2D eigenvalue weighted by molar-refractivity contribution is 5.78. The summed E-state index contributed by atoms with van der Waals surface area (Å²) < 4.78 is 18.4. The zero-order valence-electron chi connectivity index (χ0n) is 12.6. The number of amides is 1. The molecule has 5 heteroatoms. The van der Waals surface area contributed by atoms with Gasteiger partial charge in [-0.2, -0.15) is 0 Å². The third-order valence-corrected chi connectivity index (χ3v) is 3.22. The van der Waals surface area contributed by atoms with E-state index in [0.29, 0.717) is 18.7 Å². The summed E-state index contributed by atoms with van der Waals surface area (Å²) in [6, 6.07) is 4.56. The van der Waals surface area contributed by atoms with Crippen molar-refractivity contribution < 1.29 is 13.9 Å². The van der Waals surface area contributed by atoms with Crippen molar-refractivity contribution in [2.45, 2.75) is 20.3 Å². The van der Waals surface area contributed by atoms with Gasteiger partial charge in [0, 0.05) is 13.6 Å². The Labute approximate surface area is 119 Å². The Morgan fingerprint density at radius 2 is 2.10 bits per heavy atom. The predicted octanol–water partition coefficient (Wildman–Crippen LogP) is 1.82. The van der Waals surface area contributed by atoms with Crippen LogP contribution < -0.4 is 10.5 Å². The maximum Gasteiger partial charge on any atom is 0.226 e. The van der Waals surface area contributed by atoms with Gasteiger partial charge in [-0.05, 0) is 29.7 Å². The minimum atomic E-state index is -0.456. The van der Waals surface area contributed by atoms with Gasteiger partial charge < -0.3 is 15.4 Å². The number of nitrogens with zero attached hydrogens (tertiary/aromatic N) is 1. The molecule has 20 heavy (non-hydrogen) atoms. The fraction of sp³-hybridized carbons (Fsp3) is 0.533. The highest BCUT2D eigenvalue weighted by atomic mass is 19.1. The van der Waals surface area contributed by atoms with E-state index in [4.69, 9.17) is 10.5 Å². The Morgan fingerprint density at radius 1 is 1.45 bits per heavy atom. The second kappa shape index (κ2) is 6.70. The number of nitrogens with two attached hydrogens (primary N) is 1. The highest BCUT2D eigenvalue weighted by Crippen LogP contribution is 2.19. The van der Waals surface area contributed by atoms with Crippen molar-refractivity contribution in [1.29, 1.82) is 0 Å². The van der Waals surface area contributed by atoms with Gasteiger partial charge in [-0.3, -0.25) is 4.79 Å². The van der Waals surface area contributed by atoms with Crippen LogP contribution in [0.2, 0.25) is 0 Å². The van der Waals surface area contributed by atoms with Crippen LogP contribution in [0, 0.1) is 11.2 Å². The number of rotatable bonds is 6. The Hall–Kier alpha value is -1.62. The molecule has 0 fully saturated rings. The monoisotopic (exact) mass is 282 g/mol. The van der Waals surface area contributed by atoms with Gasteiger partial charge in [0.25, 0.3) is 0 Å². The molecule has 0 atom stereocenters. The standard InChI is InChI=1S/C15H23FN2O2/c1-15(2,9-17)10-18(3)14(19)8-11-5-6-13(20-4)12(16)7-11/h5-7H,8-10,17H2,1-4H3. The van der Waals surface area contributed by atoms with Crippen molar-refractivity contribution in [3.05, 3.63) is 29.6 Å². The Balaban J connectivity index is 2.68. The van der Waals surface area contributed by atoms with E-state index in [9.17, 15) is 9.18 Å². The normalized spacial score (nSPS) is 11.3. The summed E-state index contributed by atoms with van der Waals surface area (Å²) in [5, 5.41) is 0. The van der Waals surface area contributed by atoms with E-state index >= 15 is 0 Å². The number of hydrogen-bond donors (Lipinski definition) is 1. The number of methoxy groups -OCH3 is 1. The fourth-order valence-corrected chi connectivity index (χ4v) is 1.92. The first-order chi connectivity index (χ1) is 9.29. The van der Waals surface area contributed by atoms with Gasteiger partial charge in [-0.25, -0.2) is 4.39 Å². The van der Waals surface area contributed by atoms with E-state index in [1.54, 1.807) is 18.0 Å². The average Bonchev–Trinajstić information content (AvgIpc) is 2.38. The molecule has 0 radical (unpaired) electrons. The number of halogens is 1. The van der Waals surface area contributed by atoms with Crippen LogP contribution in [0.5, 0.6) is 5.75 Å². The van der Waals surface area contributed by atoms with E-state index in [-0.39, 0.29) is 23.5 Å². The lowest BCUT2D eigenvalue weighted by Gasteiger charge is -2.29. The molecule has 112 valence electrons. The molecule has 4 nitrogen and oxygen atoms in total. The maximum atomic E-state index is 13.6. The Kier molecular flexibility index (Phi) is 5.51. The summed E-state index contributed by atoms with van der Waals surface area (Å²) in [5.74, 6) is -0.336. The lowest BCUT2D eigenvalue weighted by atomic mass is 9.93. The second-order valence-corrected chi connectivity index (χ2v) is 5.76. The number of carbonyl (C=O) groups excluding carboxylic acids is 1. The number of likely N-dealkylation sites (N-methyl/N-ethyl adjacent to an activating group) is 1. The fourth-order valence-electron chi connectivity index (χ4n) is 1.92. The zero-order chi connectivity index (χ0) is 15.3. The quantitative estimate of drug-likeness (QED) is 0.866. The molecule has 0 aromatic heterocycles. The van der Waals surface area contributed by atoms with Crippen molar-refractivity contribution in [2.24, 2.45) is 11.1 Å². The van der Waals surface area contributed by atoms with Crippen LogP contribution in [0.25, 0.3) is 0 Å². The Bertz CT molecular complexity index is 475. The molecule has 1 amide bonds. The van der Waals surface area contributed by atoms with Crippen LogP contribution in [0.15, 0.2) is 18.2 Å². The summed E-state index contributed by atoms with van der Waals surface area (Å²) in [7, 11) is 3.14. The molecule has 0 heterocycles. The van der Waals surface area contributed by atoms with Crippen LogP contribution in [0.4, 0.5) is 4.39 Å². The summed E-state index contributed by atoms with van der Waals surface area (Å²) in [4.78, 5) is 13.7. The predicted molar refractivity (Wildman–Crippen MR) is 77.1 cm³/mol. The second-order valence-electron chi connectivity index (χ2n) is 5.76. The molecular weight excluding hydrogens is 259 g/mol. The maximum absolute atomic E-state index is 13.6. The first-order valence-corrected chi connectivity index (χ1v) is 6.55. The largest absolute Gasteiger partial charge is 0.494 e. The molecule has 2 N–H and O–H groups in total. The van der Waals surface area contributed by atoms with Crippen molar-refractivity contribution in [1.82, 2.24) is 4.90 Å². The molecule has 0 saturated heterocycles. The van der Waals surface area contributed by atoms with Crippen LogP contribution >= 0.6 is 0 Å². The van der Waals surface area contributed by atoms with Crippen molar-refractivity contribution in [2.75, 3.05) is 27.2 Å². The van der Waals surface area contributed by atoms with Crippen LogP contribution in [0.1, 0.15) is 19.4 Å². The first-order valence-electron chi connectivity index (χ1n) is 6.55. The SMILES string of the molecule is COc1ccc(CC(=O)N(C)CC(C)(C)CN)cc1F. The van der Waals surface area contributed by atoms with Gasteiger partial charge in [0.05, 0.1) is 13.5 Å². The molecule has 1 aromatic rings. The van der Waals surface area contributed by atoms with Crippen molar-refractivity contribution in [3.8, 4) is 5.75 Å². The molecule has 0 saturated carbocycles. The Morgan fingerprint density at radius 3 is 2.60 bits per heavy atom. The number of benzene rings is 1.